The van der Waals surface area contributed by atoms with E-state index in [0.717, 1.165) is 18.5 Å². The van der Waals surface area contributed by atoms with Crippen molar-refractivity contribution < 1.29 is 4.79 Å². The summed E-state index contributed by atoms with van der Waals surface area (Å²) < 4.78 is 2.03. The number of aromatic nitrogens is 2. The van der Waals surface area contributed by atoms with Crippen molar-refractivity contribution in [2.45, 2.75) is 56.5 Å². The molecule has 4 nitrogen and oxygen atoms in total. The molecule has 2 N–H and O–H groups in total. The van der Waals surface area contributed by atoms with Gasteiger partial charge in [0.1, 0.15) is 0 Å². The SMILES string of the molecule is NC1(C(=O)Cc2ccn(C3CCCC3)n2)CC1. The second-order valence-electron chi connectivity index (χ2n) is 5.48. The van der Waals surface area contributed by atoms with Crippen LogP contribution in [-0.2, 0) is 11.2 Å². The molecule has 2 fully saturated rings. The van der Waals surface area contributed by atoms with Crippen molar-refractivity contribution >= 4 is 5.78 Å². The molecule has 1 aromatic heterocycles. The molecule has 2 aliphatic carbocycles. The van der Waals surface area contributed by atoms with Crippen LogP contribution in [0.4, 0.5) is 0 Å². The minimum absolute atomic E-state index is 0.147. The van der Waals surface area contributed by atoms with E-state index in [1.165, 1.54) is 25.7 Å². The molecule has 4 heteroatoms. The van der Waals surface area contributed by atoms with E-state index >= 15 is 0 Å². The summed E-state index contributed by atoms with van der Waals surface area (Å²) in [4.78, 5) is 11.9. The van der Waals surface area contributed by atoms with Crippen LogP contribution in [0.2, 0.25) is 0 Å². The van der Waals surface area contributed by atoms with Gasteiger partial charge in [0.2, 0.25) is 0 Å². The fourth-order valence-corrected chi connectivity index (χ4v) is 2.60. The van der Waals surface area contributed by atoms with Crippen molar-refractivity contribution in [3.05, 3.63) is 18.0 Å². The zero-order valence-electron chi connectivity index (χ0n) is 10.1. The normalized spacial score (nSPS) is 22.9. The smallest absolute Gasteiger partial charge is 0.158 e. The summed E-state index contributed by atoms with van der Waals surface area (Å²) in [5.74, 6) is 0.147. The standard InChI is InChI=1S/C13H19N3O/c14-13(6-7-13)12(17)9-10-5-8-16(15-10)11-3-1-2-4-11/h5,8,11H,1-4,6-7,9,14H2. The van der Waals surface area contributed by atoms with Gasteiger partial charge < -0.3 is 5.73 Å². The lowest BCUT2D eigenvalue weighted by molar-refractivity contribution is -0.120. The monoisotopic (exact) mass is 233 g/mol. The van der Waals surface area contributed by atoms with Crippen LogP contribution in [0.25, 0.3) is 0 Å². The lowest BCUT2D eigenvalue weighted by Crippen LogP contribution is -2.34. The number of Topliss-reactive ketones (excluding diaryl/α,β-unsaturated/α-hetero) is 1. The molecule has 0 aliphatic heterocycles. The summed E-state index contributed by atoms with van der Waals surface area (Å²) in [6.45, 7) is 0. The Balaban J connectivity index is 1.66. The first-order chi connectivity index (χ1) is 8.17. The Bertz CT molecular complexity index is 428. The van der Waals surface area contributed by atoms with Crippen LogP contribution >= 0.6 is 0 Å². The molecule has 2 saturated carbocycles. The lowest BCUT2D eigenvalue weighted by Gasteiger charge is -2.09. The predicted molar refractivity (Wildman–Crippen MR) is 64.6 cm³/mol. The first-order valence-electron chi connectivity index (χ1n) is 6.54. The number of nitrogens with zero attached hydrogens (tertiary/aromatic N) is 2. The van der Waals surface area contributed by atoms with Gasteiger partial charge in [-0.2, -0.15) is 5.10 Å². The number of ketones is 1. The van der Waals surface area contributed by atoms with Crippen molar-refractivity contribution in [2.24, 2.45) is 5.73 Å². The van der Waals surface area contributed by atoms with Crippen LogP contribution in [0.1, 0.15) is 50.3 Å². The van der Waals surface area contributed by atoms with E-state index in [9.17, 15) is 4.79 Å². The van der Waals surface area contributed by atoms with Gasteiger partial charge in [-0.3, -0.25) is 9.48 Å². The molecule has 92 valence electrons. The van der Waals surface area contributed by atoms with E-state index in [1.54, 1.807) is 0 Å². The highest BCUT2D eigenvalue weighted by Gasteiger charge is 2.45. The van der Waals surface area contributed by atoms with Crippen LogP contribution in [0.15, 0.2) is 12.3 Å². The average molecular weight is 233 g/mol. The van der Waals surface area contributed by atoms with Crippen LogP contribution in [0, 0.1) is 0 Å². The third-order valence-electron chi connectivity index (χ3n) is 4.05. The van der Waals surface area contributed by atoms with Gasteiger partial charge in [0.15, 0.2) is 5.78 Å². The lowest BCUT2D eigenvalue weighted by atomic mass is 10.1. The Morgan fingerprint density at radius 1 is 1.47 bits per heavy atom. The minimum atomic E-state index is -0.517. The average Bonchev–Trinajstić information content (AvgIpc) is 2.76. The van der Waals surface area contributed by atoms with E-state index in [4.69, 9.17) is 5.73 Å². The van der Waals surface area contributed by atoms with Crippen molar-refractivity contribution in [3.8, 4) is 0 Å². The number of hydrogen-bond donors (Lipinski definition) is 1. The maximum atomic E-state index is 11.9. The summed E-state index contributed by atoms with van der Waals surface area (Å²) in [6, 6.07) is 2.51. The highest BCUT2D eigenvalue weighted by molar-refractivity contribution is 5.92. The van der Waals surface area contributed by atoms with Crippen molar-refractivity contribution in [1.29, 1.82) is 0 Å². The first kappa shape index (κ1) is 11.0. The Morgan fingerprint density at radius 3 is 2.82 bits per heavy atom. The van der Waals surface area contributed by atoms with Gasteiger partial charge in [0.05, 0.1) is 23.7 Å². The van der Waals surface area contributed by atoms with Crippen molar-refractivity contribution in [2.75, 3.05) is 0 Å². The van der Waals surface area contributed by atoms with Gasteiger partial charge in [-0.15, -0.1) is 0 Å². The maximum absolute atomic E-state index is 11.9. The summed E-state index contributed by atoms with van der Waals surface area (Å²) in [7, 11) is 0. The summed E-state index contributed by atoms with van der Waals surface area (Å²) in [5.41, 5.74) is 6.24. The highest BCUT2D eigenvalue weighted by atomic mass is 16.1. The van der Waals surface area contributed by atoms with Gasteiger partial charge >= 0.3 is 0 Å². The van der Waals surface area contributed by atoms with Gasteiger partial charge in [-0.1, -0.05) is 12.8 Å². The fourth-order valence-electron chi connectivity index (χ4n) is 2.60. The van der Waals surface area contributed by atoms with E-state index in [2.05, 4.69) is 5.10 Å². The molecule has 17 heavy (non-hydrogen) atoms. The molecule has 0 saturated heterocycles. The molecule has 0 aromatic carbocycles. The Hall–Kier alpha value is -1.16. The Morgan fingerprint density at radius 2 is 2.18 bits per heavy atom. The first-order valence-corrected chi connectivity index (χ1v) is 6.54. The highest BCUT2D eigenvalue weighted by Crippen LogP contribution is 2.34. The molecular formula is C13H19N3O. The molecular weight excluding hydrogens is 214 g/mol. The molecule has 0 unspecified atom stereocenters. The Labute approximate surface area is 101 Å². The third kappa shape index (κ3) is 2.14. The number of nitrogens with two attached hydrogens (primary N) is 1. The van der Waals surface area contributed by atoms with Crippen molar-refractivity contribution in [3.63, 3.8) is 0 Å². The predicted octanol–water partition coefficient (Wildman–Crippen LogP) is 1.60. The van der Waals surface area contributed by atoms with Gasteiger partial charge in [0, 0.05) is 6.20 Å². The number of carbonyl (C=O) groups is 1. The summed E-state index contributed by atoms with van der Waals surface area (Å²) in [6.07, 6.45) is 9.12. The quantitative estimate of drug-likeness (QED) is 0.859. The van der Waals surface area contributed by atoms with E-state index in [1.807, 2.05) is 16.9 Å². The van der Waals surface area contributed by atoms with E-state index in [-0.39, 0.29) is 5.78 Å². The molecule has 0 atom stereocenters. The van der Waals surface area contributed by atoms with Gasteiger partial charge in [-0.25, -0.2) is 0 Å². The fraction of sp³-hybridized carbons (Fsp3) is 0.692. The molecule has 1 aromatic rings. The second kappa shape index (κ2) is 3.95. The van der Waals surface area contributed by atoms with Gasteiger partial charge in [0.25, 0.3) is 0 Å². The van der Waals surface area contributed by atoms with E-state index in [0.29, 0.717) is 12.5 Å². The molecule has 0 radical (unpaired) electrons. The Kier molecular flexibility index (Phi) is 2.54. The van der Waals surface area contributed by atoms with E-state index < -0.39 is 5.54 Å². The number of carbonyl (C=O) groups excluding carboxylic acids is 1. The molecule has 2 aliphatic rings. The zero-order valence-corrected chi connectivity index (χ0v) is 10.1. The number of hydrogen-bond acceptors (Lipinski definition) is 3. The largest absolute Gasteiger partial charge is 0.319 e. The van der Waals surface area contributed by atoms with Gasteiger partial charge in [-0.05, 0) is 31.7 Å². The number of rotatable bonds is 4. The second-order valence-corrected chi connectivity index (χ2v) is 5.48. The molecule has 0 amide bonds. The van der Waals surface area contributed by atoms with Crippen molar-refractivity contribution in [1.82, 2.24) is 9.78 Å². The molecule has 3 rings (SSSR count). The molecule has 1 heterocycles. The van der Waals surface area contributed by atoms with Crippen LogP contribution in [-0.4, -0.2) is 21.1 Å². The maximum Gasteiger partial charge on any atom is 0.158 e. The van der Waals surface area contributed by atoms with Crippen LogP contribution < -0.4 is 5.73 Å². The molecule has 0 spiro atoms. The third-order valence-corrected chi connectivity index (χ3v) is 4.05. The minimum Gasteiger partial charge on any atom is -0.319 e. The zero-order chi connectivity index (χ0) is 11.9. The summed E-state index contributed by atoms with van der Waals surface area (Å²) >= 11 is 0. The van der Waals surface area contributed by atoms with Crippen LogP contribution in [0.3, 0.4) is 0 Å². The summed E-state index contributed by atoms with van der Waals surface area (Å²) in [5, 5.41) is 4.51. The van der Waals surface area contributed by atoms with Crippen LogP contribution in [0.5, 0.6) is 0 Å². The molecule has 0 bridgehead atoms. The topological polar surface area (TPSA) is 60.9 Å².